The van der Waals surface area contributed by atoms with Gasteiger partial charge in [0.05, 0.1) is 12.4 Å². The SMILES string of the molecule is COCCS(=O)(=O)NC(=O)[C@@H]1C[C@@H]1C1CCCCC1. The molecule has 2 fully saturated rings. The van der Waals surface area contributed by atoms with Crippen LogP contribution in [0, 0.1) is 17.8 Å². The summed E-state index contributed by atoms with van der Waals surface area (Å²) in [4.78, 5) is 11.9. The zero-order valence-corrected chi connectivity index (χ0v) is 12.2. The van der Waals surface area contributed by atoms with Crippen LogP contribution in [0.25, 0.3) is 0 Å². The van der Waals surface area contributed by atoms with Crippen molar-refractivity contribution >= 4 is 15.9 Å². The van der Waals surface area contributed by atoms with Gasteiger partial charge in [0.25, 0.3) is 0 Å². The van der Waals surface area contributed by atoms with Crippen molar-refractivity contribution in [2.45, 2.75) is 38.5 Å². The third-order valence-corrected chi connectivity index (χ3v) is 5.46. The van der Waals surface area contributed by atoms with Crippen molar-refractivity contribution < 1.29 is 17.9 Å². The lowest BCUT2D eigenvalue weighted by molar-refractivity contribution is -0.121. The molecule has 1 amide bonds. The van der Waals surface area contributed by atoms with E-state index in [1.54, 1.807) is 0 Å². The van der Waals surface area contributed by atoms with Crippen molar-refractivity contribution in [3.8, 4) is 0 Å². The Bertz CT molecular complexity index is 414. The van der Waals surface area contributed by atoms with Gasteiger partial charge in [-0.25, -0.2) is 8.42 Å². The lowest BCUT2D eigenvalue weighted by Crippen LogP contribution is -2.35. The Hall–Kier alpha value is -0.620. The Labute approximate surface area is 115 Å². The summed E-state index contributed by atoms with van der Waals surface area (Å²) < 4.78 is 30.1. The molecule has 5 nitrogen and oxygen atoms in total. The molecule has 0 aromatic rings. The molecule has 0 bridgehead atoms. The van der Waals surface area contributed by atoms with E-state index in [1.807, 2.05) is 0 Å². The van der Waals surface area contributed by atoms with Gasteiger partial charge in [0, 0.05) is 13.0 Å². The van der Waals surface area contributed by atoms with Crippen LogP contribution >= 0.6 is 0 Å². The zero-order valence-electron chi connectivity index (χ0n) is 11.4. The smallest absolute Gasteiger partial charge is 0.237 e. The van der Waals surface area contributed by atoms with Crippen molar-refractivity contribution in [2.75, 3.05) is 19.5 Å². The van der Waals surface area contributed by atoms with E-state index >= 15 is 0 Å². The molecule has 0 heterocycles. The first-order valence-corrected chi connectivity index (χ1v) is 8.72. The Kier molecular flexibility index (Phi) is 4.84. The van der Waals surface area contributed by atoms with Gasteiger partial charge in [-0.05, 0) is 18.3 Å². The maximum absolute atomic E-state index is 11.9. The van der Waals surface area contributed by atoms with Gasteiger partial charge in [-0.2, -0.15) is 0 Å². The van der Waals surface area contributed by atoms with Gasteiger partial charge in [0.2, 0.25) is 15.9 Å². The molecule has 2 aliphatic rings. The van der Waals surface area contributed by atoms with E-state index in [2.05, 4.69) is 4.72 Å². The highest BCUT2D eigenvalue weighted by Gasteiger charge is 2.48. The number of hydrogen-bond acceptors (Lipinski definition) is 4. The number of amides is 1. The molecule has 110 valence electrons. The topological polar surface area (TPSA) is 72.5 Å². The van der Waals surface area contributed by atoms with Crippen LogP contribution in [0.3, 0.4) is 0 Å². The monoisotopic (exact) mass is 289 g/mol. The number of nitrogens with one attached hydrogen (secondary N) is 1. The highest BCUT2D eigenvalue weighted by Crippen LogP contribution is 2.49. The Morgan fingerprint density at radius 2 is 1.95 bits per heavy atom. The molecule has 0 saturated heterocycles. The molecule has 2 atom stereocenters. The van der Waals surface area contributed by atoms with Gasteiger partial charge in [-0.1, -0.05) is 32.1 Å². The first-order valence-electron chi connectivity index (χ1n) is 7.07. The largest absolute Gasteiger partial charge is 0.384 e. The second-order valence-corrected chi connectivity index (χ2v) is 7.52. The number of methoxy groups -OCH3 is 1. The molecule has 0 aromatic carbocycles. The third-order valence-electron chi connectivity index (χ3n) is 4.24. The molecule has 19 heavy (non-hydrogen) atoms. The summed E-state index contributed by atoms with van der Waals surface area (Å²) in [5.41, 5.74) is 0. The van der Waals surface area contributed by atoms with E-state index in [9.17, 15) is 13.2 Å². The molecule has 0 radical (unpaired) electrons. The van der Waals surface area contributed by atoms with Gasteiger partial charge < -0.3 is 4.74 Å². The van der Waals surface area contributed by atoms with E-state index in [0.717, 1.165) is 6.42 Å². The minimum atomic E-state index is -3.53. The van der Waals surface area contributed by atoms with Crippen LogP contribution in [0.15, 0.2) is 0 Å². The molecule has 2 rings (SSSR count). The van der Waals surface area contributed by atoms with Crippen LogP contribution in [0.5, 0.6) is 0 Å². The van der Waals surface area contributed by atoms with Crippen molar-refractivity contribution in [3.05, 3.63) is 0 Å². The van der Waals surface area contributed by atoms with E-state index in [-0.39, 0.29) is 24.2 Å². The zero-order chi connectivity index (χ0) is 13.9. The minimum Gasteiger partial charge on any atom is -0.384 e. The predicted molar refractivity (Wildman–Crippen MR) is 72.0 cm³/mol. The van der Waals surface area contributed by atoms with Gasteiger partial charge in [-0.3, -0.25) is 9.52 Å². The maximum atomic E-state index is 11.9. The number of ether oxygens (including phenoxy) is 1. The van der Waals surface area contributed by atoms with Crippen molar-refractivity contribution in [1.82, 2.24) is 4.72 Å². The highest BCUT2D eigenvalue weighted by atomic mass is 32.2. The second kappa shape index (κ2) is 6.22. The van der Waals surface area contributed by atoms with E-state index in [4.69, 9.17) is 4.74 Å². The standard InChI is InChI=1S/C13H23NO4S/c1-18-7-8-19(16,17)14-13(15)12-9-11(12)10-5-3-2-4-6-10/h10-12H,2-9H2,1H3,(H,14,15)/t11-,12-/m1/s1. The van der Waals surface area contributed by atoms with Gasteiger partial charge in [0.15, 0.2) is 0 Å². The first kappa shape index (κ1) is 14.8. The highest BCUT2D eigenvalue weighted by molar-refractivity contribution is 7.90. The Balaban J connectivity index is 1.79. The van der Waals surface area contributed by atoms with E-state index < -0.39 is 10.0 Å². The molecule has 2 saturated carbocycles. The molecular weight excluding hydrogens is 266 g/mol. The predicted octanol–water partition coefficient (Wildman–Crippen LogP) is 1.30. The van der Waals surface area contributed by atoms with Crippen LogP contribution in [0.4, 0.5) is 0 Å². The van der Waals surface area contributed by atoms with Gasteiger partial charge in [-0.15, -0.1) is 0 Å². The first-order chi connectivity index (χ1) is 9.03. The fourth-order valence-electron chi connectivity index (χ4n) is 3.07. The van der Waals surface area contributed by atoms with Gasteiger partial charge >= 0.3 is 0 Å². The normalized spacial score (nSPS) is 28.1. The van der Waals surface area contributed by atoms with E-state index in [0.29, 0.717) is 11.8 Å². The minimum absolute atomic E-state index is 0.0829. The average molecular weight is 289 g/mol. The Morgan fingerprint density at radius 3 is 2.58 bits per heavy atom. The third kappa shape index (κ3) is 4.18. The number of carbonyl (C=O) groups excluding carboxylic acids is 1. The molecule has 2 aliphatic carbocycles. The van der Waals surface area contributed by atoms with Crippen LogP contribution in [0.2, 0.25) is 0 Å². The molecule has 0 spiro atoms. The van der Waals surface area contributed by atoms with Gasteiger partial charge in [0.1, 0.15) is 0 Å². The Morgan fingerprint density at radius 1 is 1.26 bits per heavy atom. The molecule has 0 aliphatic heterocycles. The fraction of sp³-hybridized carbons (Fsp3) is 0.923. The van der Waals surface area contributed by atoms with Crippen molar-refractivity contribution in [2.24, 2.45) is 17.8 Å². The summed E-state index contributed by atoms with van der Waals surface area (Å²) in [6.45, 7) is 0.110. The van der Waals surface area contributed by atoms with Crippen LogP contribution < -0.4 is 4.72 Å². The summed E-state index contributed by atoms with van der Waals surface area (Å²) >= 11 is 0. The molecule has 0 unspecified atom stereocenters. The number of sulfonamides is 1. The summed E-state index contributed by atoms with van der Waals surface area (Å²) in [5.74, 6) is 0.493. The van der Waals surface area contributed by atoms with Crippen LogP contribution in [-0.2, 0) is 19.6 Å². The van der Waals surface area contributed by atoms with Crippen molar-refractivity contribution in [1.29, 1.82) is 0 Å². The fourth-order valence-corrected chi connectivity index (χ4v) is 4.02. The molecule has 6 heteroatoms. The number of rotatable bonds is 6. The number of hydrogen-bond donors (Lipinski definition) is 1. The number of carbonyl (C=O) groups is 1. The van der Waals surface area contributed by atoms with Crippen LogP contribution in [-0.4, -0.2) is 33.8 Å². The summed E-state index contributed by atoms with van der Waals surface area (Å²) in [7, 11) is -2.08. The lowest BCUT2D eigenvalue weighted by atomic mass is 9.85. The molecular formula is C13H23NO4S. The lowest BCUT2D eigenvalue weighted by Gasteiger charge is -2.21. The molecule has 0 aromatic heterocycles. The summed E-state index contributed by atoms with van der Waals surface area (Å²) in [5, 5.41) is 0. The second-order valence-electron chi connectivity index (χ2n) is 5.68. The molecule has 1 N–H and O–H groups in total. The quantitative estimate of drug-likeness (QED) is 0.800. The summed E-state index contributed by atoms with van der Waals surface area (Å²) in [6.07, 6.45) is 7.06. The average Bonchev–Trinajstić information content (AvgIpc) is 3.17. The van der Waals surface area contributed by atoms with Crippen LogP contribution in [0.1, 0.15) is 38.5 Å². The van der Waals surface area contributed by atoms with Crippen molar-refractivity contribution in [3.63, 3.8) is 0 Å². The van der Waals surface area contributed by atoms with E-state index in [1.165, 1.54) is 39.2 Å². The summed E-state index contributed by atoms with van der Waals surface area (Å²) in [6, 6.07) is 0. The maximum Gasteiger partial charge on any atom is 0.237 e.